The van der Waals surface area contributed by atoms with Crippen LogP contribution in [0.4, 0.5) is 0 Å². The molecule has 0 fully saturated rings. The molecule has 3 N–H and O–H groups in total. The number of hydrogen-bond acceptors (Lipinski definition) is 4. The third kappa shape index (κ3) is 3.18. The molecule has 1 aromatic carbocycles. The number of nitrogens with one attached hydrogen (secondary N) is 1. The van der Waals surface area contributed by atoms with Crippen LogP contribution < -0.4 is 11.3 Å². The van der Waals surface area contributed by atoms with Gasteiger partial charge in [0.2, 0.25) is 0 Å². The molecule has 1 heterocycles. The summed E-state index contributed by atoms with van der Waals surface area (Å²) in [6, 6.07) is 5.37. The number of nitrogens with zero attached hydrogens (tertiary/aromatic N) is 1. The van der Waals surface area contributed by atoms with Crippen LogP contribution in [0.1, 0.15) is 16.5 Å². The molecular formula is C11H11Cl2N3S. The number of hydrazine groups is 1. The third-order valence-corrected chi connectivity index (χ3v) is 3.79. The van der Waals surface area contributed by atoms with Crippen molar-refractivity contribution in [2.24, 2.45) is 5.84 Å². The molecule has 0 spiro atoms. The van der Waals surface area contributed by atoms with Gasteiger partial charge in [-0.05, 0) is 17.7 Å². The Morgan fingerprint density at radius 2 is 2.24 bits per heavy atom. The highest BCUT2D eigenvalue weighted by Gasteiger charge is 2.14. The van der Waals surface area contributed by atoms with Crippen molar-refractivity contribution in [1.29, 1.82) is 0 Å². The molecule has 0 saturated carbocycles. The van der Waals surface area contributed by atoms with Crippen molar-refractivity contribution in [3.05, 3.63) is 50.4 Å². The van der Waals surface area contributed by atoms with Crippen molar-refractivity contribution in [2.45, 2.75) is 12.5 Å². The minimum atomic E-state index is -0.0415. The zero-order valence-corrected chi connectivity index (χ0v) is 11.2. The molecule has 0 amide bonds. The van der Waals surface area contributed by atoms with Crippen molar-refractivity contribution in [3.8, 4) is 0 Å². The second-order valence-corrected chi connectivity index (χ2v) is 5.37. The Hall–Kier alpha value is -0.650. The number of hydrogen-bond donors (Lipinski definition) is 2. The summed E-state index contributed by atoms with van der Waals surface area (Å²) in [4.78, 5) is 5.19. The third-order valence-electron chi connectivity index (χ3n) is 2.43. The largest absolute Gasteiger partial charge is 0.271 e. The van der Waals surface area contributed by atoms with E-state index < -0.39 is 0 Å². The zero-order valence-electron chi connectivity index (χ0n) is 8.86. The van der Waals surface area contributed by atoms with Gasteiger partial charge in [0.1, 0.15) is 0 Å². The molecule has 0 aliphatic carbocycles. The summed E-state index contributed by atoms with van der Waals surface area (Å²) in [6.45, 7) is 0. The van der Waals surface area contributed by atoms with Gasteiger partial charge in [0.25, 0.3) is 0 Å². The molecule has 3 nitrogen and oxygen atoms in total. The van der Waals surface area contributed by atoms with Gasteiger partial charge >= 0.3 is 0 Å². The fourth-order valence-electron chi connectivity index (χ4n) is 1.59. The Labute approximate surface area is 114 Å². The molecule has 1 atom stereocenters. The first-order chi connectivity index (χ1) is 8.20. The van der Waals surface area contributed by atoms with Crippen LogP contribution in [0.25, 0.3) is 0 Å². The van der Waals surface area contributed by atoms with E-state index in [0.717, 1.165) is 16.9 Å². The van der Waals surface area contributed by atoms with Crippen LogP contribution in [0.5, 0.6) is 0 Å². The van der Waals surface area contributed by atoms with Crippen molar-refractivity contribution in [1.82, 2.24) is 10.4 Å². The van der Waals surface area contributed by atoms with Crippen LogP contribution in [0.3, 0.4) is 0 Å². The first-order valence-corrected chi connectivity index (χ1v) is 6.62. The highest BCUT2D eigenvalue weighted by Crippen LogP contribution is 2.28. The lowest BCUT2D eigenvalue weighted by Gasteiger charge is -2.16. The van der Waals surface area contributed by atoms with Gasteiger partial charge in [-0.15, -0.1) is 11.3 Å². The minimum Gasteiger partial charge on any atom is -0.271 e. The van der Waals surface area contributed by atoms with Gasteiger partial charge in [0.05, 0.1) is 11.6 Å². The number of rotatable bonds is 4. The maximum absolute atomic E-state index is 6.15. The van der Waals surface area contributed by atoms with E-state index in [2.05, 4.69) is 10.4 Å². The quantitative estimate of drug-likeness (QED) is 0.671. The fraction of sp³-hybridized carbons (Fsp3) is 0.182. The van der Waals surface area contributed by atoms with E-state index in [1.807, 2.05) is 12.3 Å². The average molecular weight is 288 g/mol. The number of benzene rings is 1. The highest BCUT2D eigenvalue weighted by molar-refractivity contribution is 7.09. The van der Waals surface area contributed by atoms with E-state index in [1.54, 1.807) is 29.0 Å². The maximum atomic E-state index is 6.15. The molecule has 2 rings (SSSR count). The van der Waals surface area contributed by atoms with Crippen molar-refractivity contribution in [2.75, 3.05) is 0 Å². The molecule has 0 bridgehead atoms. The van der Waals surface area contributed by atoms with E-state index in [-0.39, 0.29) is 6.04 Å². The van der Waals surface area contributed by atoms with Crippen LogP contribution in [-0.4, -0.2) is 4.98 Å². The predicted molar refractivity (Wildman–Crippen MR) is 72.3 cm³/mol. The Morgan fingerprint density at radius 3 is 2.82 bits per heavy atom. The van der Waals surface area contributed by atoms with Gasteiger partial charge in [-0.25, -0.2) is 0 Å². The van der Waals surface area contributed by atoms with Gasteiger partial charge in [-0.1, -0.05) is 29.3 Å². The van der Waals surface area contributed by atoms with Gasteiger partial charge < -0.3 is 0 Å². The molecule has 6 heteroatoms. The topological polar surface area (TPSA) is 50.9 Å². The molecular weight excluding hydrogens is 277 g/mol. The molecule has 0 radical (unpaired) electrons. The summed E-state index contributed by atoms with van der Waals surface area (Å²) in [5, 5.41) is 1.23. The minimum absolute atomic E-state index is 0.0415. The Kier molecular flexibility index (Phi) is 4.36. The van der Waals surface area contributed by atoms with Crippen molar-refractivity contribution in [3.63, 3.8) is 0 Å². The normalized spacial score (nSPS) is 12.6. The van der Waals surface area contributed by atoms with Gasteiger partial charge in [0, 0.05) is 27.5 Å². The summed E-state index contributed by atoms with van der Waals surface area (Å²) in [7, 11) is 0. The number of halogens is 2. The number of nitrogens with two attached hydrogens (primary N) is 1. The monoisotopic (exact) mass is 287 g/mol. The predicted octanol–water partition coefficient (Wildman–Crippen LogP) is 3.20. The van der Waals surface area contributed by atoms with Gasteiger partial charge in [-0.3, -0.25) is 16.3 Å². The molecule has 17 heavy (non-hydrogen) atoms. The van der Waals surface area contributed by atoms with Crippen LogP contribution >= 0.6 is 34.5 Å². The highest BCUT2D eigenvalue weighted by atomic mass is 35.5. The van der Waals surface area contributed by atoms with Crippen LogP contribution in [0.15, 0.2) is 29.9 Å². The first-order valence-electron chi connectivity index (χ1n) is 4.99. The summed E-state index contributed by atoms with van der Waals surface area (Å²) in [5.74, 6) is 5.57. The van der Waals surface area contributed by atoms with Crippen molar-refractivity contribution >= 4 is 34.5 Å². The number of thiazole rings is 1. The average Bonchev–Trinajstić information content (AvgIpc) is 2.79. The van der Waals surface area contributed by atoms with Crippen molar-refractivity contribution < 1.29 is 0 Å². The number of aromatic nitrogens is 1. The SMILES string of the molecule is NNC(Cc1cncs1)c1ccc(Cl)cc1Cl. The summed E-state index contributed by atoms with van der Waals surface area (Å²) >= 11 is 13.6. The molecule has 0 aliphatic heterocycles. The molecule has 0 aliphatic rings. The Morgan fingerprint density at radius 1 is 1.41 bits per heavy atom. The molecule has 90 valence electrons. The van der Waals surface area contributed by atoms with Gasteiger partial charge in [-0.2, -0.15) is 0 Å². The maximum Gasteiger partial charge on any atom is 0.0794 e. The molecule has 2 aromatic rings. The second-order valence-electron chi connectivity index (χ2n) is 3.56. The van der Waals surface area contributed by atoms with E-state index in [0.29, 0.717) is 10.0 Å². The van der Waals surface area contributed by atoms with E-state index in [4.69, 9.17) is 29.0 Å². The molecule has 1 aromatic heterocycles. The van der Waals surface area contributed by atoms with Crippen LogP contribution in [0.2, 0.25) is 10.0 Å². The molecule has 1 unspecified atom stereocenters. The Balaban J connectivity index is 2.23. The fourth-order valence-corrected chi connectivity index (χ4v) is 2.77. The van der Waals surface area contributed by atoms with E-state index in [1.165, 1.54) is 0 Å². The lowest BCUT2D eigenvalue weighted by molar-refractivity contribution is 0.555. The summed E-state index contributed by atoms with van der Waals surface area (Å²) in [5.41, 5.74) is 5.50. The lowest BCUT2D eigenvalue weighted by atomic mass is 10.0. The summed E-state index contributed by atoms with van der Waals surface area (Å²) < 4.78 is 0. The summed E-state index contributed by atoms with van der Waals surface area (Å²) in [6.07, 6.45) is 2.58. The lowest BCUT2D eigenvalue weighted by Crippen LogP contribution is -2.29. The zero-order chi connectivity index (χ0) is 12.3. The standard InChI is InChI=1S/C11H11Cl2N3S/c12-7-1-2-9(10(13)3-7)11(16-14)4-8-5-15-6-17-8/h1-3,5-6,11,16H,4,14H2. The van der Waals surface area contributed by atoms with Gasteiger partial charge in [0.15, 0.2) is 0 Å². The smallest absolute Gasteiger partial charge is 0.0794 e. The first kappa shape index (κ1) is 12.8. The van der Waals surface area contributed by atoms with Crippen LogP contribution in [0, 0.1) is 0 Å². The van der Waals surface area contributed by atoms with Crippen LogP contribution in [-0.2, 0) is 6.42 Å². The second kappa shape index (κ2) is 5.80. The Bertz CT molecular complexity index is 487. The molecule has 0 saturated heterocycles. The van der Waals surface area contributed by atoms with E-state index >= 15 is 0 Å². The van der Waals surface area contributed by atoms with E-state index in [9.17, 15) is 0 Å².